The van der Waals surface area contributed by atoms with Gasteiger partial charge >= 0.3 is 0 Å². The number of benzene rings is 1. The standard InChI is InChI=1S/C16H20N2/c1-17-16(18-2)12-10-15(11-13-16)9-8-14-6-4-3-5-7-14/h3-12,17-18H,13H2,1-2H3. The maximum Gasteiger partial charge on any atom is 0.0912 e. The van der Waals surface area contributed by atoms with Crippen molar-refractivity contribution in [3.05, 3.63) is 65.8 Å². The lowest BCUT2D eigenvalue weighted by Crippen LogP contribution is -2.52. The molecule has 0 amide bonds. The number of likely N-dealkylation sites (N-methyl/N-ethyl adjacent to an activating group) is 2. The lowest BCUT2D eigenvalue weighted by molar-refractivity contribution is 0.376. The summed E-state index contributed by atoms with van der Waals surface area (Å²) in [5.41, 5.74) is 2.38. The number of hydrogen-bond acceptors (Lipinski definition) is 2. The van der Waals surface area contributed by atoms with E-state index in [0.29, 0.717) is 0 Å². The van der Waals surface area contributed by atoms with E-state index < -0.39 is 0 Å². The summed E-state index contributed by atoms with van der Waals surface area (Å²) in [6.07, 6.45) is 11.8. The summed E-state index contributed by atoms with van der Waals surface area (Å²) in [6.45, 7) is 0. The average Bonchev–Trinajstić information content (AvgIpc) is 2.47. The molecule has 18 heavy (non-hydrogen) atoms. The first kappa shape index (κ1) is 12.8. The predicted octanol–water partition coefficient (Wildman–Crippen LogP) is 2.72. The van der Waals surface area contributed by atoms with Gasteiger partial charge in [0.15, 0.2) is 0 Å². The fourth-order valence-electron chi connectivity index (χ4n) is 2.03. The monoisotopic (exact) mass is 240 g/mol. The van der Waals surface area contributed by atoms with Gasteiger partial charge in [0, 0.05) is 6.42 Å². The minimum atomic E-state index is -0.0932. The van der Waals surface area contributed by atoms with E-state index in [-0.39, 0.29) is 5.66 Å². The topological polar surface area (TPSA) is 24.1 Å². The summed E-state index contributed by atoms with van der Waals surface area (Å²) in [6, 6.07) is 10.4. The average molecular weight is 240 g/mol. The zero-order chi connectivity index (χ0) is 12.8. The van der Waals surface area contributed by atoms with Crippen molar-refractivity contribution < 1.29 is 0 Å². The summed E-state index contributed by atoms with van der Waals surface area (Å²) < 4.78 is 0. The van der Waals surface area contributed by atoms with Crippen LogP contribution in [0, 0.1) is 0 Å². The Labute approximate surface area is 109 Å². The third-order valence-electron chi connectivity index (χ3n) is 3.38. The smallest absolute Gasteiger partial charge is 0.0912 e. The first-order chi connectivity index (χ1) is 8.78. The Balaban J connectivity index is 2.04. The maximum atomic E-state index is 3.29. The zero-order valence-corrected chi connectivity index (χ0v) is 11.0. The van der Waals surface area contributed by atoms with E-state index in [9.17, 15) is 0 Å². The molecule has 2 nitrogen and oxygen atoms in total. The molecule has 94 valence electrons. The maximum absolute atomic E-state index is 3.29. The van der Waals surface area contributed by atoms with Crippen molar-refractivity contribution in [3.63, 3.8) is 0 Å². The Morgan fingerprint density at radius 2 is 1.78 bits per heavy atom. The molecular weight excluding hydrogens is 220 g/mol. The van der Waals surface area contributed by atoms with Gasteiger partial charge in [-0.25, -0.2) is 0 Å². The second-order valence-electron chi connectivity index (χ2n) is 4.46. The SMILES string of the molecule is CNC1(NC)C=CC(C=Cc2ccccc2)=CC1. The van der Waals surface area contributed by atoms with Crippen LogP contribution >= 0.6 is 0 Å². The normalized spacial score (nSPS) is 18.0. The van der Waals surface area contributed by atoms with E-state index in [1.807, 2.05) is 20.2 Å². The predicted molar refractivity (Wildman–Crippen MR) is 78.2 cm³/mol. The Hall–Kier alpha value is -1.64. The molecule has 2 rings (SSSR count). The van der Waals surface area contributed by atoms with Crippen LogP contribution in [0.3, 0.4) is 0 Å². The second-order valence-corrected chi connectivity index (χ2v) is 4.46. The molecular formula is C16H20N2. The van der Waals surface area contributed by atoms with Gasteiger partial charge in [0.25, 0.3) is 0 Å². The van der Waals surface area contributed by atoms with Gasteiger partial charge in [-0.05, 0) is 31.3 Å². The van der Waals surface area contributed by atoms with Gasteiger partial charge in [-0.2, -0.15) is 0 Å². The van der Waals surface area contributed by atoms with Crippen molar-refractivity contribution in [2.75, 3.05) is 14.1 Å². The van der Waals surface area contributed by atoms with Crippen LogP contribution in [0.2, 0.25) is 0 Å². The van der Waals surface area contributed by atoms with E-state index in [1.165, 1.54) is 11.1 Å². The zero-order valence-electron chi connectivity index (χ0n) is 11.0. The fraction of sp³-hybridized carbons (Fsp3) is 0.250. The van der Waals surface area contributed by atoms with Gasteiger partial charge in [-0.3, -0.25) is 10.6 Å². The van der Waals surface area contributed by atoms with E-state index >= 15 is 0 Å². The van der Waals surface area contributed by atoms with Crippen LogP contribution in [0.4, 0.5) is 0 Å². The van der Waals surface area contributed by atoms with Crippen LogP contribution in [0.25, 0.3) is 6.08 Å². The van der Waals surface area contributed by atoms with E-state index in [2.05, 4.69) is 65.3 Å². The third-order valence-corrected chi connectivity index (χ3v) is 3.38. The summed E-state index contributed by atoms with van der Waals surface area (Å²) in [7, 11) is 3.94. The number of nitrogens with one attached hydrogen (secondary N) is 2. The minimum absolute atomic E-state index is 0.0932. The van der Waals surface area contributed by atoms with Gasteiger partial charge in [-0.15, -0.1) is 0 Å². The summed E-state index contributed by atoms with van der Waals surface area (Å²) in [4.78, 5) is 0. The molecule has 0 bridgehead atoms. The molecule has 0 spiro atoms. The molecule has 0 atom stereocenters. The quantitative estimate of drug-likeness (QED) is 0.791. The summed E-state index contributed by atoms with van der Waals surface area (Å²) in [5, 5.41) is 6.59. The fourth-order valence-corrected chi connectivity index (χ4v) is 2.03. The van der Waals surface area contributed by atoms with Crippen LogP contribution in [-0.2, 0) is 0 Å². The molecule has 0 saturated carbocycles. The van der Waals surface area contributed by atoms with Crippen LogP contribution in [-0.4, -0.2) is 19.8 Å². The molecule has 0 heterocycles. The van der Waals surface area contributed by atoms with Gasteiger partial charge in [0.05, 0.1) is 5.66 Å². The third kappa shape index (κ3) is 2.97. The Morgan fingerprint density at radius 1 is 1.06 bits per heavy atom. The molecule has 0 unspecified atom stereocenters. The molecule has 0 aromatic heterocycles. The Morgan fingerprint density at radius 3 is 2.33 bits per heavy atom. The Kier molecular flexibility index (Phi) is 4.13. The van der Waals surface area contributed by atoms with Gasteiger partial charge < -0.3 is 0 Å². The Bertz CT molecular complexity index is 465. The number of rotatable bonds is 4. The summed E-state index contributed by atoms with van der Waals surface area (Å²) in [5.74, 6) is 0. The van der Waals surface area contributed by atoms with Crippen LogP contribution in [0.5, 0.6) is 0 Å². The van der Waals surface area contributed by atoms with Crippen LogP contribution in [0.1, 0.15) is 12.0 Å². The molecule has 1 aromatic carbocycles. The highest BCUT2D eigenvalue weighted by molar-refractivity contribution is 5.55. The van der Waals surface area contributed by atoms with E-state index in [1.54, 1.807) is 0 Å². The van der Waals surface area contributed by atoms with Gasteiger partial charge in [0.1, 0.15) is 0 Å². The molecule has 1 aliphatic rings. The number of allylic oxidation sites excluding steroid dienone is 3. The molecule has 1 aliphatic carbocycles. The van der Waals surface area contributed by atoms with Crippen molar-refractivity contribution in [2.24, 2.45) is 0 Å². The van der Waals surface area contributed by atoms with Crippen molar-refractivity contribution in [3.8, 4) is 0 Å². The van der Waals surface area contributed by atoms with Crippen molar-refractivity contribution in [1.82, 2.24) is 10.6 Å². The molecule has 0 saturated heterocycles. The van der Waals surface area contributed by atoms with Crippen molar-refractivity contribution >= 4 is 6.08 Å². The van der Waals surface area contributed by atoms with E-state index in [0.717, 1.165) is 6.42 Å². The van der Waals surface area contributed by atoms with Crippen LogP contribution in [0.15, 0.2) is 60.2 Å². The largest absolute Gasteiger partial charge is 0.299 e. The van der Waals surface area contributed by atoms with Crippen molar-refractivity contribution in [1.29, 1.82) is 0 Å². The lowest BCUT2D eigenvalue weighted by Gasteiger charge is -2.31. The number of hydrogen-bond donors (Lipinski definition) is 2. The van der Waals surface area contributed by atoms with Gasteiger partial charge in [-0.1, -0.05) is 54.6 Å². The highest BCUT2D eigenvalue weighted by atomic mass is 15.2. The molecule has 2 heteroatoms. The molecule has 0 radical (unpaired) electrons. The van der Waals surface area contributed by atoms with E-state index in [4.69, 9.17) is 0 Å². The highest BCUT2D eigenvalue weighted by Gasteiger charge is 2.22. The highest BCUT2D eigenvalue weighted by Crippen LogP contribution is 2.19. The van der Waals surface area contributed by atoms with Gasteiger partial charge in [0.2, 0.25) is 0 Å². The lowest BCUT2D eigenvalue weighted by atomic mass is 9.96. The van der Waals surface area contributed by atoms with Crippen molar-refractivity contribution in [2.45, 2.75) is 12.1 Å². The molecule has 2 N–H and O–H groups in total. The molecule has 0 fully saturated rings. The minimum Gasteiger partial charge on any atom is -0.299 e. The van der Waals surface area contributed by atoms with Crippen LogP contribution < -0.4 is 10.6 Å². The second kappa shape index (κ2) is 5.80. The summed E-state index contributed by atoms with van der Waals surface area (Å²) >= 11 is 0. The first-order valence-corrected chi connectivity index (χ1v) is 6.28. The molecule has 1 aromatic rings. The molecule has 0 aliphatic heterocycles. The first-order valence-electron chi connectivity index (χ1n) is 6.28.